The van der Waals surface area contributed by atoms with Gasteiger partial charge in [-0.25, -0.2) is 4.98 Å². The summed E-state index contributed by atoms with van der Waals surface area (Å²) in [5.74, 6) is -0.279. The molecule has 0 N–H and O–H groups in total. The first kappa shape index (κ1) is 11.7. The fourth-order valence-electron chi connectivity index (χ4n) is 1.38. The van der Waals surface area contributed by atoms with E-state index in [2.05, 4.69) is 14.7 Å². The van der Waals surface area contributed by atoms with Crippen LogP contribution < -0.4 is 0 Å². The van der Waals surface area contributed by atoms with E-state index < -0.39 is 0 Å². The van der Waals surface area contributed by atoms with Crippen LogP contribution in [0, 0.1) is 6.92 Å². The molecule has 0 aliphatic heterocycles. The fraction of sp³-hybridized carbons (Fsp3) is 0.250. The highest BCUT2D eigenvalue weighted by Gasteiger charge is 2.09. The lowest BCUT2D eigenvalue weighted by molar-refractivity contribution is -0.139. The molecule has 2 heterocycles. The second-order valence-electron chi connectivity index (χ2n) is 3.62. The molecule has 0 fully saturated rings. The van der Waals surface area contributed by atoms with Crippen molar-refractivity contribution in [3.63, 3.8) is 0 Å². The summed E-state index contributed by atoms with van der Waals surface area (Å²) >= 11 is 1.48. The summed E-state index contributed by atoms with van der Waals surface area (Å²) in [5.41, 5.74) is 2.70. The van der Waals surface area contributed by atoms with E-state index in [-0.39, 0.29) is 12.4 Å². The molecule has 0 aliphatic carbocycles. The Morgan fingerprint density at radius 1 is 1.53 bits per heavy atom. The zero-order valence-corrected chi connectivity index (χ0v) is 10.5. The number of hydrogen-bond acceptors (Lipinski definition) is 5. The maximum atomic E-state index is 11.1. The van der Waals surface area contributed by atoms with Gasteiger partial charge in [0.25, 0.3) is 0 Å². The molecule has 0 atom stereocenters. The van der Waals surface area contributed by atoms with Crippen LogP contribution in [0.3, 0.4) is 0 Å². The lowest BCUT2D eigenvalue weighted by atomic mass is 10.2. The van der Waals surface area contributed by atoms with E-state index >= 15 is 0 Å². The Morgan fingerprint density at radius 2 is 2.35 bits per heavy atom. The largest absolute Gasteiger partial charge is 0.469 e. The molecule has 0 aliphatic rings. The number of carbonyl (C=O) groups excluding carboxylic acids is 1. The predicted molar refractivity (Wildman–Crippen MR) is 65.8 cm³/mol. The first-order valence-corrected chi connectivity index (χ1v) is 6.01. The number of rotatable bonds is 3. The molecular formula is C12H12N2O2S. The molecule has 0 amide bonds. The summed E-state index contributed by atoms with van der Waals surface area (Å²) in [6.07, 6.45) is 1.96. The van der Waals surface area contributed by atoms with Gasteiger partial charge in [-0.2, -0.15) is 0 Å². The van der Waals surface area contributed by atoms with Crippen molar-refractivity contribution in [2.24, 2.45) is 0 Å². The molecule has 2 aromatic rings. The van der Waals surface area contributed by atoms with E-state index in [4.69, 9.17) is 0 Å². The van der Waals surface area contributed by atoms with Gasteiger partial charge in [0.05, 0.1) is 24.9 Å². The van der Waals surface area contributed by atoms with Gasteiger partial charge in [-0.1, -0.05) is 0 Å². The SMILES string of the molecule is COC(=O)Cc1csc(-c2cc(C)ccn2)n1. The van der Waals surface area contributed by atoms with Gasteiger partial charge in [-0.05, 0) is 24.6 Å². The smallest absolute Gasteiger partial charge is 0.311 e. The van der Waals surface area contributed by atoms with Gasteiger partial charge < -0.3 is 4.74 Å². The third kappa shape index (κ3) is 2.88. The quantitative estimate of drug-likeness (QED) is 0.782. The molecule has 0 saturated carbocycles. The normalized spacial score (nSPS) is 10.2. The van der Waals surface area contributed by atoms with Crippen LogP contribution in [0.1, 0.15) is 11.3 Å². The van der Waals surface area contributed by atoms with Gasteiger partial charge in [0.15, 0.2) is 0 Å². The first-order chi connectivity index (χ1) is 8.19. The van der Waals surface area contributed by atoms with E-state index in [1.807, 2.05) is 24.4 Å². The molecule has 0 bridgehead atoms. The Labute approximate surface area is 103 Å². The predicted octanol–water partition coefficient (Wildman–Crippen LogP) is 2.23. The zero-order chi connectivity index (χ0) is 12.3. The summed E-state index contributed by atoms with van der Waals surface area (Å²) in [7, 11) is 1.37. The molecule has 5 heteroatoms. The highest BCUT2D eigenvalue weighted by atomic mass is 32.1. The van der Waals surface area contributed by atoms with Crippen molar-refractivity contribution in [1.82, 2.24) is 9.97 Å². The lowest BCUT2D eigenvalue weighted by Crippen LogP contribution is -2.04. The number of ether oxygens (including phenoxy) is 1. The second-order valence-corrected chi connectivity index (χ2v) is 4.47. The monoisotopic (exact) mass is 248 g/mol. The number of pyridine rings is 1. The summed E-state index contributed by atoms with van der Waals surface area (Å²) in [6, 6.07) is 3.91. The van der Waals surface area contributed by atoms with Crippen LogP contribution in [0.2, 0.25) is 0 Å². The minimum atomic E-state index is -0.279. The van der Waals surface area contributed by atoms with Crippen LogP contribution in [0.15, 0.2) is 23.7 Å². The molecule has 0 unspecified atom stereocenters. The van der Waals surface area contributed by atoms with Crippen molar-refractivity contribution in [2.45, 2.75) is 13.3 Å². The highest BCUT2D eigenvalue weighted by molar-refractivity contribution is 7.13. The van der Waals surface area contributed by atoms with Gasteiger partial charge >= 0.3 is 5.97 Å². The average Bonchev–Trinajstić information content (AvgIpc) is 2.77. The van der Waals surface area contributed by atoms with E-state index in [1.54, 1.807) is 6.20 Å². The molecule has 2 aromatic heterocycles. The zero-order valence-electron chi connectivity index (χ0n) is 9.64. The third-order valence-corrected chi connectivity index (χ3v) is 3.15. The summed E-state index contributed by atoms with van der Waals surface area (Å²) in [6.45, 7) is 2.01. The van der Waals surface area contributed by atoms with Crippen molar-refractivity contribution >= 4 is 17.3 Å². The molecule has 0 saturated heterocycles. The molecule has 0 radical (unpaired) electrons. The Kier molecular flexibility index (Phi) is 3.49. The summed E-state index contributed by atoms with van der Waals surface area (Å²) < 4.78 is 4.60. The van der Waals surface area contributed by atoms with Crippen molar-refractivity contribution in [1.29, 1.82) is 0 Å². The Morgan fingerprint density at radius 3 is 3.06 bits per heavy atom. The Balaban J connectivity index is 2.21. The Bertz CT molecular complexity index is 537. The number of aromatic nitrogens is 2. The van der Waals surface area contributed by atoms with Gasteiger partial charge in [-0.15, -0.1) is 11.3 Å². The molecule has 17 heavy (non-hydrogen) atoms. The second kappa shape index (κ2) is 5.05. The van der Waals surface area contributed by atoms with Crippen LogP contribution in [-0.4, -0.2) is 23.0 Å². The number of esters is 1. The molecular weight excluding hydrogens is 236 g/mol. The van der Waals surface area contributed by atoms with Gasteiger partial charge in [0.1, 0.15) is 5.01 Å². The van der Waals surface area contributed by atoms with Crippen molar-refractivity contribution in [3.8, 4) is 10.7 Å². The van der Waals surface area contributed by atoms with Crippen molar-refractivity contribution in [2.75, 3.05) is 7.11 Å². The number of carbonyl (C=O) groups is 1. The van der Waals surface area contributed by atoms with E-state index in [0.29, 0.717) is 0 Å². The third-order valence-electron chi connectivity index (χ3n) is 2.24. The number of nitrogens with zero attached hydrogens (tertiary/aromatic N) is 2. The maximum absolute atomic E-state index is 11.1. The lowest BCUT2D eigenvalue weighted by Gasteiger charge is -1.97. The van der Waals surface area contributed by atoms with Crippen LogP contribution >= 0.6 is 11.3 Å². The minimum Gasteiger partial charge on any atom is -0.469 e. The molecule has 0 aromatic carbocycles. The molecule has 88 valence electrons. The van der Waals surface area contributed by atoms with Crippen LogP contribution in [0.5, 0.6) is 0 Å². The first-order valence-electron chi connectivity index (χ1n) is 5.13. The topological polar surface area (TPSA) is 52.1 Å². The minimum absolute atomic E-state index is 0.207. The molecule has 2 rings (SSSR count). The van der Waals surface area contributed by atoms with E-state index in [0.717, 1.165) is 22.0 Å². The summed E-state index contributed by atoms with van der Waals surface area (Å²) in [5, 5.41) is 2.68. The van der Waals surface area contributed by atoms with Crippen molar-refractivity contribution < 1.29 is 9.53 Å². The fourth-order valence-corrected chi connectivity index (χ4v) is 2.17. The van der Waals surface area contributed by atoms with Crippen molar-refractivity contribution in [3.05, 3.63) is 35.0 Å². The highest BCUT2D eigenvalue weighted by Crippen LogP contribution is 2.22. The number of aryl methyl sites for hydroxylation is 1. The maximum Gasteiger partial charge on any atom is 0.311 e. The molecule has 4 nitrogen and oxygen atoms in total. The van der Waals surface area contributed by atoms with Crippen LogP contribution in [0.4, 0.5) is 0 Å². The standard InChI is InChI=1S/C12H12N2O2S/c1-8-3-4-13-10(5-8)12-14-9(7-17-12)6-11(15)16-2/h3-5,7H,6H2,1-2H3. The number of methoxy groups -OCH3 is 1. The van der Waals surface area contributed by atoms with Gasteiger partial charge in [0.2, 0.25) is 0 Å². The van der Waals surface area contributed by atoms with Gasteiger partial charge in [0, 0.05) is 11.6 Å². The molecule has 0 spiro atoms. The number of hydrogen-bond donors (Lipinski definition) is 0. The summed E-state index contributed by atoms with van der Waals surface area (Å²) in [4.78, 5) is 19.7. The van der Waals surface area contributed by atoms with Crippen LogP contribution in [0.25, 0.3) is 10.7 Å². The average molecular weight is 248 g/mol. The van der Waals surface area contributed by atoms with Crippen LogP contribution in [-0.2, 0) is 16.0 Å². The van der Waals surface area contributed by atoms with E-state index in [9.17, 15) is 4.79 Å². The van der Waals surface area contributed by atoms with E-state index in [1.165, 1.54) is 18.4 Å². The van der Waals surface area contributed by atoms with Gasteiger partial charge in [-0.3, -0.25) is 9.78 Å². The number of thiazole rings is 1. The Hall–Kier alpha value is -1.75.